The third kappa shape index (κ3) is 5.32. The lowest BCUT2D eigenvalue weighted by molar-refractivity contribution is -0.156. The zero-order valence-electron chi connectivity index (χ0n) is 14.9. The first-order valence-electron chi connectivity index (χ1n) is 8.08. The number of para-hydroxylation sites is 1. The SMILES string of the molecule is CC(C)c1cccc(C(C)C)c1OC(=O)COC(=O)[C@H](N)C(C)O. The number of aliphatic hydroxyl groups is 1. The highest BCUT2D eigenvalue weighted by molar-refractivity contribution is 5.81. The summed E-state index contributed by atoms with van der Waals surface area (Å²) in [7, 11) is 0. The van der Waals surface area contributed by atoms with Crippen molar-refractivity contribution in [2.24, 2.45) is 5.73 Å². The van der Waals surface area contributed by atoms with Crippen molar-refractivity contribution >= 4 is 11.9 Å². The van der Waals surface area contributed by atoms with E-state index in [1.54, 1.807) is 0 Å². The van der Waals surface area contributed by atoms with Crippen LogP contribution in [-0.4, -0.2) is 35.8 Å². The van der Waals surface area contributed by atoms with Gasteiger partial charge in [0.15, 0.2) is 6.61 Å². The molecule has 1 aromatic carbocycles. The fourth-order valence-corrected chi connectivity index (χ4v) is 2.17. The van der Waals surface area contributed by atoms with Gasteiger partial charge >= 0.3 is 11.9 Å². The highest BCUT2D eigenvalue weighted by atomic mass is 16.6. The Kier molecular flexibility index (Phi) is 7.38. The van der Waals surface area contributed by atoms with Crippen molar-refractivity contribution in [3.63, 3.8) is 0 Å². The Morgan fingerprint density at radius 2 is 1.58 bits per heavy atom. The van der Waals surface area contributed by atoms with Crippen molar-refractivity contribution in [1.82, 2.24) is 0 Å². The van der Waals surface area contributed by atoms with Crippen molar-refractivity contribution in [3.8, 4) is 5.75 Å². The van der Waals surface area contributed by atoms with Crippen LogP contribution in [0.2, 0.25) is 0 Å². The minimum absolute atomic E-state index is 0.178. The number of hydrogen-bond donors (Lipinski definition) is 2. The summed E-state index contributed by atoms with van der Waals surface area (Å²) in [5, 5.41) is 9.24. The third-order valence-corrected chi connectivity index (χ3v) is 3.66. The van der Waals surface area contributed by atoms with Crippen LogP contribution in [0.4, 0.5) is 0 Å². The molecule has 0 amide bonds. The number of carbonyl (C=O) groups excluding carboxylic acids is 2. The highest BCUT2D eigenvalue weighted by Gasteiger charge is 2.23. The third-order valence-electron chi connectivity index (χ3n) is 3.66. The van der Waals surface area contributed by atoms with E-state index in [2.05, 4.69) is 0 Å². The number of benzene rings is 1. The van der Waals surface area contributed by atoms with Crippen LogP contribution in [0.3, 0.4) is 0 Å². The molecule has 1 unspecified atom stereocenters. The lowest BCUT2D eigenvalue weighted by atomic mass is 9.94. The molecule has 0 radical (unpaired) electrons. The van der Waals surface area contributed by atoms with Crippen LogP contribution >= 0.6 is 0 Å². The molecule has 0 spiro atoms. The van der Waals surface area contributed by atoms with Gasteiger partial charge in [-0.1, -0.05) is 45.9 Å². The standard InChI is InChI=1S/C18H27NO5/c1-10(2)13-7-6-8-14(11(3)4)17(13)24-15(21)9-23-18(22)16(19)12(5)20/h6-8,10-12,16,20H,9,19H2,1-5H3/t12?,16-/m1/s1. The van der Waals surface area contributed by atoms with Gasteiger partial charge in [-0.25, -0.2) is 4.79 Å². The summed E-state index contributed by atoms with van der Waals surface area (Å²) >= 11 is 0. The van der Waals surface area contributed by atoms with Crippen molar-refractivity contribution in [1.29, 1.82) is 0 Å². The molecule has 0 aliphatic heterocycles. The minimum atomic E-state index is -1.19. The molecule has 24 heavy (non-hydrogen) atoms. The lowest BCUT2D eigenvalue weighted by Crippen LogP contribution is -2.42. The Morgan fingerprint density at radius 1 is 1.08 bits per heavy atom. The quantitative estimate of drug-likeness (QED) is 0.584. The molecule has 3 N–H and O–H groups in total. The molecule has 0 aliphatic rings. The molecule has 0 aliphatic carbocycles. The zero-order valence-corrected chi connectivity index (χ0v) is 14.9. The van der Waals surface area contributed by atoms with Crippen LogP contribution in [0.15, 0.2) is 18.2 Å². The van der Waals surface area contributed by atoms with E-state index in [-0.39, 0.29) is 11.8 Å². The van der Waals surface area contributed by atoms with E-state index < -0.39 is 30.7 Å². The summed E-state index contributed by atoms with van der Waals surface area (Å²) in [5.41, 5.74) is 7.29. The van der Waals surface area contributed by atoms with E-state index in [1.807, 2.05) is 45.9 Å². The van der Waals surface area contributed by atoms with Crippen molar-refractivity contribution in [2.75, 3.05) is 6.61 Å². The molecule has 0 heterocycles. The molecular weight excluding hydrogens is 310 g/mol. The monoisotopic (exact) mass is 337 g/mol. The first-order valence-corrected chi connectivity index (χ1v) is 8.08. The average Bonchev–Trinajstić information content (AvgIpc) is 2.51. The Labute approximate surface area is 142 Å². The van der Waals surface area contributed by atoms with E-state index in [0.29, 0.717) is 5.75 Å². The number of rotatable bonds is 7. The molecule has 6 nitrogen and oxygen atoms in total. The number of carbonyl (C=O) groups is 2. The molecule has 1 rings (SSSR count). The second kappa shape index (κ2) is 8.80. The van der Waals surface area contributed by atoms with Crippen LogP contribution in [0, 0.1) is 0 Å². The second-order valence-corrected chi connectivity index (χ2v) is 6.42. The van der Waals surface area contributed by atoms with E-state index >= 15 is 0 Å². The van der Waals surface area contributed by atoms with Gasteiger partial charge in [-0.15, -0.1) is 0 Å². The molecule has 134 valence electrons. The van der Waals surface area contributed by atoms with Gasteiger partial charge in [0, 0.05) is 0 Å². The van der Waals surface area contributed by atoms with Crippen LogP contribution in [0.1, 0.15) is 57.6 Å². The van der Waals surface area contributed by atoms with E-state index in [0.717, 1.165) is 11.1 Å². The maximum Gasteiger partial charge on any atom is 0.349 e. The molecule has 0 bridgehead atoms. The smallest absolute Gasteiger partial charge is 0.349 e. The molecule has 0 aromatic heterocycles. The first kappa shape index (κ1) is 20.1. The van der Waals surface area contributed by atoms with Crippen molar-refractivity contribution in [2.45, 2.75) is 58.6 Å². The molecule has 1 aromatic rings. The number of aliphatic hydroxyl groups excluding tert-OH is 1. The summed E-state index contributed by atoms with van der Waals surface area (Å²) in [6, 6.07) is 4.57. The molecule has 0 fully saturated rings. The van der Waals surface area contributed by atoms with E-state index in [4.69, 9.17) is 15.2 Å². The fourth-order valence-electron chi connectivity index (χ4n) is 2.17. The summed E-state index contributed by atoms with van der Waals surface area (Å²) in [5.74, 6) is -0.655. The van der Waals surface area contributed by atoms with Crippen LogP contribution in [-0.2, 0) is 14.3 Å². The largest absolute Gasteiger partial charge is 0.452 e. The van der Waals surface area contributed by atoms with E-state index in [9.17, 15) is 14.7 Å². The minimum Gasteiger partial charge on any atom is -0.452 e. The van der Waals surface area contributed by atoms with Gasteiger partial charge < -0.3 is 20.3 Å². The predicted molar refractivity (Wildman–Crippen MR) is 90.9 cm³/mol. The maximum atomic E-state index is 12.1. The van der Waals surface area contributed by atoms with Crippen LogP contribution < -0.4 is 10.5 Å². The summed E-state index contributed by atoms with van der Waals surface area (Å²) in [4.78, 5) is 23.6. The fraction of sp³-hybridized carbons (Fsp3) is 0.556. The van der Waals surface area contributed by atoms with Gasteiger partial charge in [-0.05, 0) is 29.9 Å². The topological polar surface area (TPSA) is 98.9 Å². The predicted octanol–water partition coefficient (Wildman–Crippen LogP) is 2.09. The van der Waals surface area contributed by atoms with Gasteiger partial charge in [-0.2, -0.15) is 0 Å². The van der Waals surface area contributed by atoms with Crippen molar-refractivity contribution in [3.05, 3.63) is 29.3 Å². The van der Waals surface area contributed by atoms with Crippen LogP contribution in [0.25, 0.3) is 0 Å². The molecule has 0 saturated heterocycles. The zero-order chi connectivity index (χ0) is 18.4. The number of ether oxygens (including phenoxy) is 2. The molecule has 6 heteroatoms. The molecular formula is C18H27NO5. The van der Waals surface area contributed by atoms with Gasteiger partial charge in [0.2, 0.25) is 0 Å². The van der Waals surface area contributed by atoms with Crippen molar-refractivity contribution < 1.29 is 24.2 Å². The number of hydrogen-bond acceptors (Lipinski definition) is 6. The Balaban J connectivity index is 2.85. The number of esters is 2. The molecule has 2 atom stereocenters. The Hall–Kier alpha value is -1.92. The Morgan fingerprint density at radius 3 is 2.00 bits per heavy atom. The normalized spacial score (nSPS) is 13.7. The molecule has 0 saturated carbocycles. The lowest BCUT2D eigenvalue weighted by Gasteiger charge is -2.19. The van der Waals surface area contributed by atoms with Gasteiger partial charge in [-0.3, -0.25) is 4.79 Å². The first-order chi connectivity index (χ1) is 11.1. The van der Waals surface area contributed by atoms with Crippen LogP contribution in [0.5, 0.6) is 5.75 Å². The summed E-state index contributed by atoms with van der Waals surface area (Å²) < 4.78 is 10.3. The average molecular weight is 337 g/mol. The van der Waals surface area contributed by atoms with E-state index in [1.165, 1.54) is 6.92 Å². The summed E-state index contributed by atoms with van der Waals surface area (Å²) in [6.45, 7) is 8.87. The highest BCUT2D eigenvalue weighted by Crippen LogP contribution is 2.34. The van der Waals surface area contributed by atoms with Gasteiger partial charge in [0.1, 0.15) is 11.8 Å². The van der Waals surface area contributed by atoms with Gasteiger partial charge in [0.25, 0.3) is 0 Å². The maximum absolute atomic E-state index is 12.1. The summed E-state index contributed by atoms with van der Waals surface area (Å²) in [6.07, 6.45) is -1.05. The number of nitrogens with two attached hydrogens (primary N) is 1. The van der Waals surface area contributed by atoms with Gasteiger partial charge in [0.05, 0.1) is 6.10 Å². The Bertz CT molecular complexity index is 555. The second-order valence-electron chi connectivity index (χ2n) is 6.42.